The zero-order valence-electron chi connectivity index (χ0n) is 8.95. The molecule has 1 N–H and O–H groups in total. The predicted molar refractivity (Wildman–Crippen MR) is 56.1 cm³/mol. The molecule has 1 heterocycles. The minimum atomic E-state index is -1.01. The summed E-state index contributed by atoms with van der Waals surface area (Å²) in [4.78, 5) is 11.6. The van der Waals surface area contributed by atoms with Crippen LogP contribution < -0.4 is 0 Å². The number of cyclic esters (lactones) is 1. The molecule has 0 bridgehead atoms. The van der Waals surface area contributed by atoms with Crippen LogP contribution in [-0.4, -0.2) is 16.7 Å². The van der Waals surface area contributed by atoms with E-state index < -0.39 is 17.4 Å². The zero-order valence-corrected chi connectivity index (χ0v) is 8.95. The summed E-state index contributed by atoms with van der Waals surface area (Å²) in [5, 5.41) is 9.85. The highest BCUT2D eigenvalue weighted by molar-refractivity contribution is 6.19. The van der Waals surface area contributed by atoms with Crippen molar-refractivity contribution in [1.82, 2.24) is 0 Å². The Hall–Kier alpha value is -1.84. The molecule has 1 aliphatic rings. The van der Waals surface area contributed by atoms with Gasteiger partial charge in [-0.15, -0.1) is 0 Å². The zero-order chi connectivity index (χ0) is 11.9. The van der Waals surface area contributed by atoms with Gasteiger partial charge < -0.3 is 9.84 Å². The molecule has 0 saturated carbocycles. The molecule has 4 heteroatoms. The highest BCUT2D eigenvalue weighted by Gasteiger charge is 2.41. The molecule has 1 aliphatic heterocycles. The number of carbonyl (C=O) groups excluding carboxylic acids is 1. The predicted octanol–water partition coefficient (Wildman–Crippen LogP) is 2.43. The van der Waals surface area contributed by atoms with Gasteiger partial charge in [-0.05, 0) is 31.5 Å². The van der Waals surface area contributed by atoms with Gasteiger partial charge in [-0.1, -0.05) is 12.1 Å². The number of halogens is 1. The lowest BCUT2D eigenvalue weighted by molar-refractivity contribution is -0.143. The van der Waals surface area contributed by atoms with Crippen LogP contribution in [0.1, 0.15) is 19.4 Å². The van der Waals surface area contributed by atoms with Crippen LogP contribution in [-0.2, 0) is 9.53 Å². The molecular formula is C12H11FO3. The summed E-state index contributed by atoms with van der Waals surface area (Å²) in [5.41, 5.74) is -0.458. The lowest BCUT2D eigenvalue weighted by Crippen LogP contribution is -2.22. The van der Waals surface area contributed by atoms with Crippen molar-refractivity contribution < 1.29 is 19.0 Å². The van der Waals surface area contributed by atoms with Gasteiger partial charge in [0.2, 0.25) is 0 Å². The fraction of sp³-hybridized carbons (Fsp3) is 0.250. The molecule has 84 valence electrons. The third kappa shape index (κ3) is 1.56. The Bertz CT molecular complexity index is 472. The molecule has 0 amide bonds. The van der Waals surface area contributed by atoms with Gasteiger partial charge in [-0.2, -0.15) is 0 Å². The first-order valence-corrected chi connectivity index (χ1v) is 4.85. The number of aliphatic hydroxyl groups excluding tert-OH is 1. The summed E-state index contributed by atoms with van der Waals surface area (Å²) < 4.78 is 17.7. The van der Waals surface area contributed by atoms with Crippen LogP contribution in [0.15, 0.2) is 30.0 Å². The first kappa shape index (κ1) is 10.7. The van der Waals surface area contributed by atoms with Gasteiger partial charge in [0.05, 0.1) is 0 Å². The monoisotopic (exact) mass is 222 g/mol. The fourth-order valence-electron chi connectivity index (χ4n) is 1.60. The van der Waals surface area contributed by atoms with Gasteiger partial charge in [0.1, 0.15) is 11.4 Å². The second-order valence-corrected chi connectivity index (χ2v) is 4.13. The highest BCUT2D eigenvalue weighted by Crippen LogP contribution is 2.35. The molecule has 0 fully saturated rings. The Kier molecular flexibility index (Phi) is 2.22. The molecule has 3 nitrogen and oxygen atoms in total. The summed E-state index contributed by atoms with van der Waals surface area (Å²) >= 11 is 0. The number of ether oxygens (including phenoxy) is 1. The Morgan fingerprint density at radius 1 is 1.25 bits per heavy atom. The van der Waals surface area contributed by atoms with Crippen molar-refractivity contribution in [3.63, 3.8) is 0 Å². The van der Waals surface area contributed by atoms with Crippen LogP contribution in [0.5, 0.6) is 0 Å². The minimum absolute atomic E-state index is 0.102. The molecule has 2 rings (SSSR count). The molecule has 0 aromatic heterocycles. The standard InChI is InChI=1S/C12H11FO3/c1-12(2)10(14)9(11(15)16-12)7-3-5-8(13)6-4-7/h3-6,14H,1-2H3. The second-order valence-electron chi connectivity index (χ2n) is 4.13. The van der Waals surface area contributed by atoms with E-state index in [1.807, 2.05) is 0 Å². The molecule has 1 aromatic carbocycles. The maximum atomic E-state index is 12.7. The van der Waals surface area contributed by atoms with E-state index in [4.69, 9.17) is 4.74 Å². The van der Waals surface area contributed by atoms with Crippen molar-refractivity contribution in [2.24, 2.45) is 0 Å². The van der Waals surface area contributed by atoms with E-state index in [2.05, 4.69) is 0 Å². The summed E-state index contributed by atoms with van der Waals surface area (Å²) in [6, 6.07) is 5.33. The van der Waals surface area contributed by atoms with Gasteiger partial charge in [0, 0.05) is 0 Å². The molecule has 0 radical (unpaired) electrons. The van der Waals surface area contributed by atoms with Crippen LogP contribution in [0.25, 0.3) is 5.57 Å². The number of esters is 1. The number of rotatable bonds is 1. The summed E-state index contributed by atoms with van der Waals surface area (Å²) in [6.45, 7) is 3.19. The van der Waals surface area contributed by atoms with Crippen LogP contribution in [0.4, 0.5) is 4.39 Å². The summed E-state index contributed by atoms with van der Waals surface area (Å²) in [7, 11) is 0. The van der Waals surface area contributed by atoms with Crippen LogP contribution in [0, 0.1) is 5.82 Å². The van der Waals surface area contributed by atoms with Gasteiger partial charge in [0.25, 0.3) is 0 Å². The molecule has 0 aliphatic carbocycles. The average Bonchev–Trinajstić information content (AvgIpc) is 2.39. The Morgan fingerprint density at radius 3 is 2.25 bits per heavy atom. The molecular weight excluding hydrogens is 211 g/mol. The number of aliphatic hydroxyl groups is 1. The van der Waals surface area contributed by atoms with Gasteiger partial charge >= 0.3 is 5.97 Å². The van der Waals surface area contributed by atoms with Crippen molar-refractivity contribution >= 4 is 11.5 Å². The van der Waals surface area contributed by atoms with Crippen LogP contribution in [0.3, 0.4) is 0 Å². The first-order chi connectivity index (χ1) is 7.42. The number of hydrogen-bond donors (Lipinski definition) is 1. The number of hydrogen-bond acceptors (Lipinski definition) is 3. The number of carbonyl (C=O) groups is 1. The second kappa shape index (κ2) is 3.33. The lowest BCUT2D eigenvalue weighted by atomic mass is 10.0. The molecule has 1 aromatic rings. The van der Waals surface area contributed by atoms with Crippen molar-refractivity contribution in [3.8, 4) is 0 Å². The Morgan fingerprint density at radius 2 is 1.81 bits per heavy atom. The van der Waals surface area contributed by atoms with E-state index in [0.29, 0.717) is 5.56 Å². The van der Waals surface area contributed by atoms with Gasteiger partial charge in [-0.3, -0.25) is 0 Å². The summed E-state index contributed by atoms with van der Waals surface area (Å²) in [5.74, 6) is -1.10. The minimum Gasteiger partial charge on any atom is -0.507 e. The van der Waals surface area contributed by atoms with Gasteiger partial charge in [0.15, 0.2) is 11.4 Å². The van der Waals surface area contributed by atoms with Gasteiger partial charge in [-0.25, -0.2) is 9.18 Å². The van der Waals surface area contributed by atoms with Crippen molar-refractivity contribution in [2.75, 3.05) is 0 Å². The van der Waals surface area contributed by atoms with E-state index in [0.717, 1.165) is 0 Å². The smallest absolute Gasteiger partial charge is 0.343 e. The first-order valence-electron chi connectivity index (χ1n) is 4.85. The molecule has 0 unspecified atom stereocenters. The molecule has 0 saturated heterocycles. The molecule has 16 heavy (non-hydrogen) atoms. The Labute approximate surface area is 92.2 Å². The van der Waals surface area contributed by atoms with E-state index in [9.17, 15) is 14.3 Å². The Balaban J connectivity index is 2.52. The fourth-order valence-corrected chi connectivity index (χ4v) is 1.60. The average molecular weight is 222 g/mol. The number of benzene rings is 1. The van der Waals surface area contributed by atoms with E-state index in [1.165, 1.54) is 24.3 Å². The third-order valence-corrected chi connectivity index (χ3v) is 2.49. The quantitative estimate of drug-likeness (QED) is 0.742. The maximum absolute atomic E-state index is 12.7. The lowest BCUT2D eigenvalue weighted by Gasteiger charge is -2.16. The largest absolute Gasteiger partial charge is 0.507 e. The van der Waals surface area contributed by atoms with Crippen LogP contribution >= 0.6 is 0 Å². The van der Waals surface area contributed by atoms with Crippen LogP contribution in [0.2, 0.25) is 0 Å². The van der Waals surface area contributed by atoms with E-state index in [1.54, 1.807) is 13.8 Å². The van der Waals surface area contributed by atoms with Crippen molar-refractivity contribution in [2.45, 2.75) is 19.4 Å². The third-order valence-electron chi connectivity index (χ3n) is 2.49. The molecule has 0 spiro atoms. The van der Waals surface area contributed by atoms with Crippen molar-refractivity contribution in [3.05, 3.63) is 41.4 Å². The maximum Gasteiger partial charge on any atom is 0.343 e. The van der Waals surface area contributed by atoms with E-state index in [-0.39, 0.29) is 11.3 Å². The SMILES string of the molecule is CC1(C)OC(=O)C(c2ccc(F)cc2)=C1O. The molecule has 0 atom stereocenters. The van der Waals surface area contributed by atoms with E-state index >= 15 is 0 Å². The van der Waals surface area contributed by atoms with Crippen molar-refractivity contribution in [1.29, 1.82) is 0 Å². The summed E-state index contributed by atoms with van der Waals surface area (Å²) in [6.07, 6.45) is 0. The highest BCUT2D eigenvalue weighted by atomic mass is 19.1. The topological polar surface area (TPSA) is 46.5 Å². The normalized spacial score (nSPS) is 18.8.